The van der Waals surface area contributed by atoms with Gasteiger partial charge in [0.25, 0.3) is 5.56 Å². The molecule has 6 nitrogen and oxygen atoms in total. The number of aryl methyl sites for hydroxylation is 1. The summed E-state index contributed by atoms with van der Waals surface area (Å²) in [7, 11) is 1.98. The van der Waals surface area contributed by atoms with Crippen LogP contribution in [-0.4, -0.2) is 61.2 Å². The first kappa shape index (κ1) is 13.0. The van der Waals surface area contributed by atoms with E-state index in [4.69, 9.17) is 0 Å². The molecule has 0 unspecified atom stereocenters. The lowest BCUT2D eigenvalue weighted by Crippen LogP contribution is -2.46. The zero-order valence-corrected chi connectivity index (χ0v) is 11.1. The van der Waals surface area contributed by atoms with Crippen LogP contribution in [0.1, 0.15) is 5.82 Å². The van der Waals surface area contributed by atoms with E-state index in [1.165, 1.54) is 0 Å². The van der Waals surface area contributed by atoms with Crippen LogP contribution in [0.5, 0.6) is 0 Å². The van der Waals surface area contributed by atoms with Gasteiger partial charge in [0.1, 0.15) is 11.6 Å². The van der Waals surface area contributed by atoms with Crippen LogP contribution >= 0.6 is 0 Å². The summed E-state index contributed by atoms with van der Waals surface area (Å²) in [6.07, 6.45) is 0. The Hall–Kier alpha value is -1.40. The van der Waals surface area contributed by atoms with E-state index >= 15 is 0 Å². The summed E-state index contributed by atoms with van der Waals surface area (Å²) in [5, 5.41) is 3.34. The first-order valence-corrected chi connectivity index (χ1v) is 6.37. The van der Waals surface area contributed by atoms with Crippen molar-refractivity contribution < 1.29 is 0 Å². The van der Waals surface area contributed by atoms with Crippen molar-refractivity contribution in [1.29, 1.82) is 0 Å². The van der Waals surface area contributed by atoms with Crippen LogP contribution in [-0.2, 0) is 0 Å². The van der Waals surface area contributed by atoms with Crippen LogP contribution in [0.15, 0.2) is 10.9 Å². The molecule has 0 amide bonds. The third-order valence-corrected chi connectivity index (χ3v) is 3.20. The minimum absolute atomic E-state index is 0.0912. The number of aromatic amines is 1. The van der Waals surface area contributed by atoms with Crippen molar-refractivity contribution in [3.8, 4) is 0 Å². The Morgan fingerprint density at radius 3 is 2.83 bits per heavy atom. The highest BCUT2D eigenvalue weighted by Gasteiger charge is 2.11. The topological polar surface area (TPSA) is 64.3 Å². The maximum atomic E-state index is 11.4. The summed E-state index contributed by atoms with van der Waals surface area (Å²) in [5.74, 6) is 1.40. The van der Waals surface area contributed by atoms with E-state index in [9.17, 15) is 4.79 Å². The minimum Gasteiger partial charge on any atom is -0.358 e. The monoisotopic (exact) mass is 251 g/mol. The Kier molecular flexibility index (Phi) is 4.33. The van der Waals surface area contributed by atoms with Gasteiger partial charge in [-0.3, -0.25) is 9.69 Å². The van der Waals surface area contributed by atoms with Crippen molar-refractivity contribution in [1.82, 2.24) is 20.2 Å². The van der Waals surface area contributed by atoms with Gasteiger partial charge < -0.3 is 15.2 Å². The second-order valence-corrected chi connectivity index (χ2v) is 4.70. The van der Waals surface area contributed by atoms with Gasteiger partial charge in [-0.25, -0.2) is 4.98 Å². The molecule has 2 rings (SSSR count). The number of piperazine rings is 1. The van der Waals surface area contributed by atoms with Gasteiger partial charge in [0.2, 0.25) is 0 Å². The Morgan fingerprint density at radius 2 is 2.17 bits per heavy atom. The zero-order valence-electron chi connectivity index (χ0n) is 11.1. The molecule has 0 atom stereocenters. The number of H-pyrrole nitrogens is 1. The Morgan fingerprint density at radius 1 is 1.44 bits per heavy atom. The molecule has 0 saturated carbocycles. The second-order valence-electron chi connectivity index (χ2n) is 4.70. The lowest BCUT2D eigenvalue weighted by atomic mass is 10.3. The van der Waals surface area contributed by atoms with E-state index < -0.39 is 0 Å². The van der Waals surface area contributed by atoms with Gasteiger partial charge in [-0.15, -0.1) is 0 Å². The normalized spacial score (nSPS) is 16.8. The van der Waals surface area contributed by atoms with Crippen LogP contribution < -0.4 is 15.8 Å². The number of rotatable bonds is 4. The zero-order chi connectivity index (χ0) is 13.0. The molecule has 1 saturated heterocycles. The molecule has 2 N–H and O–H groups in total. The molecule has 6 heteroatoms. The average molecular weight is 251 g/mol. The van der Waals surface area contributed by atoms with Crippen molar-refractivity contribution in [2.75, 3.05) is 51.2 Å². The van der Waals surface area contributed by atoms with E-state index in [2.05, 4.69) is 20.2 Å². The molecule has 1 fully saturated rings. The van der Waals surface area contributed by atoms with Gasteiger partial charge in [-0.05, 0) is 6.92 Å². The number of nitrogens with zero attached hydrogens (tertiary/aromatic N) is 3. The van der Waals surface area contributed by atoms with Gasteiger partial charge in [-0.2, -0.15) is 0 Å². The van der Waals surface area contributed by atoms with Crippen LogP contribution in [0.3, 0.4) is 0 Å². The molecular weight excluding hydrogens is 230 g/mol. The highest BCUT2D eigenvalue weighted by atomic mass is 16.1. The van der Waals surface area contributed by atoms with Gasteiger partial charge in [0, 0.05) is 52.4 Å². The molecule has 1 aromatic rings. The number of hydrogen-bond donors (Lipinski definition) is 2. The SMILES string of the molecule is Cc1nc(N(C)CCN2CCNCC2)cc(=O)[nH]1. The Labute approximate surface area is 107 Å². The largest absolute Gasteiger partial charge is 0.358 e. The average Bonchev–Trinajstić information content (AvgIpc) is 2.36. The summed E-state index contributed by atoms with van der Waals surface area (Å²) >= 11 is 0. The number of likely N-dealkylation sites (N-methyl/N-ethyl adjacent to an activating group) is 1. The quantitative estimate of drug-likeness (QED) is 0.749. The Bertz CT molecular complexity index is 438. The number of hydrogen-bond acceptors (Lipinski definition) is 5. The molecule has 0 radical (unpaired) electrons. The van der Waals surface area contributed by atoms with E-state index in [0.717, 1.165) is 45.1 Å². The molecule has 100 valence electrons. The van der Waals surface area contributed by atoms with Gasteiger partial charge in [-0.1, -0.05) is 0 Å². The first-order valence-electron chi connectivity index (χ1n) is 6.37. The molecule has 1 aliphatic heterocycles. The Balaban J connectivity index is 1.90. The second kappa shape index (κ2) is 5.97. The van der Waals surface area contributed by atoms with Crippen molar-refractivity contribution in [2.24, 2.45) is 0 Å². The third kappa shape index (κ3) is 3.54. The fourth-order valence-electron chi connectivity index (χ4n) is 2.10. The molecule has 18 heavy (non-hydrogen) atoms. The fourth-order valence-corrected chi connectivity index (χ4v) is 2.10. The highest BCUT2D eigenvalue weighted by molar-refractivity contribution is 5.35. The minimum atomic E-state index is -0.0912. The maximum Gasteiger partial charge on any atom is 0.252 e. The van der Waals surface area contributed by atoms with Crippen molar-refractivity contribution in [3.05, 3.63) is 22.2 Å². The lowest BCUT2D eigenvalue weighted by molar-refractivity contribution is 0.246. The maximum absolute atomic E-state index is 11.4. The van der Waals surface area contributed by atoms with Gasteiger partial charge in [0.05, 0.1) is 0 Å². The fraction of sp³-hybridized carbons (Fsp3) is 0.667. The standard InChI is InChI=1S/C12H21N5O/c1-10-14-11(9-12(18)15-10)16(2)7-8-17-5-3-13-4-6-17/h9,13H,3-8H2,1-2H3,(H,14,15,18). The predicted octanol–water partition coefficient (Wildman–Crippen LogP) is -0.580. The van der Waals surface area contributed by atoms with E-state index in [1.807, 2.05) is 11.9 Å². The van der Waals surface area contributed by atoms with Crippen molar-refractivity contribution in [3.63, 3.8) is 0 Å². The van der Waals surface area contributed by atoms with Crippen LogP contribution in [0.2, 0.25) is 0 Å². The lowest BCUT2D eigenvalue weighted by Gasteiger charge is -2.29. The molecule has 0 aromatic carbocycles. The van der Waals surface area contributed by atoms with E-state index in [-0.39, 0.29) is 5.56 Å². The molecule has 0 aliphatic carbocycles. The van der Waals surface area contributed by atoms with Crippen molar-refractivity contribution >= 4 is 5.82 Å². The smallest absolute Gasteiger partial charge is 0.252 e. The highest BCUT2D eigenvalue weighted by Crippen LogP contribution is 2.05. The predicted molar refractivity (Wildman–Crippen MR) is 72.2 cm³/mol. The summed E-state index contributed by atoms with van der Waals surface area (Å²) in [4.78, 5) is 22.8. The van der Waals surface area contributed by atoms with Gasteiger partial charge in [0.15, 0.2) is 0 Å². The number of nitrogens with one attached hydrogen (secondary N) is 2. The molecule has 2 heterocycles. The molecule has 0 bridgehead atoms. The van der Waals surface area contributed by atoms with Crippen molar-refractivity contribution in [2.45, 2.75) is 6.92 Å². The number of aromatic nitrogens is 2. The van der Waals surface area contributed by atoms with Crippen LogP contribution in [0.25, 0.3) is 0 Å². The van der Waals surface area contributed by atoms with E-state index in [1.54, 1.807) is 13.0 Å². The van der Waals surface area contributed by atoms with Crippen LogP contribution in [0.4, 0.5) is 5.82 Å². The molecule has 1 aliphatic rings. The van der Waals surface area contributed by atoms with Gasteiger partial charge >= 0.3 is 0 Å². The van der Waals surface area contributed by atoms with Crippen LogP contribution in [0, 0.1) is 6.92 Å². The summed E-state index contributed by atoms with van der Waals surface area (Å²) in [5.41, 5.74) is -0.0912. The summed E-state index contributed by atoms with van der Waals surface area (Å²) in [6, 6.07) is 1.55. The van der Waals surface area contributed by atoms with E-state index in [0.29, 0.717) is 5.82 Å². The summed E-state index contributed by atoms with van der Waals surface area (Å²) < 4.78 is 0. The first-order chi connectivity index (χ1) is 8.65. The number of anilines is 1. The molecule has 0 spiro atoms. The molecule has 1 aromatic heterocycles. The summed E-state index contributed by atoms with van der Waals surface area (Å²) in [6.45, 7) is 8.00. The molecular formula is C12H21N5O. The third-order valence-electron chi connectivity index (χ3n) is 3.20.